The smallest absolute Gasteiger partial charge is 0.256 e. The summed E-state index contributed by atoms with van der Waals surface area (Å²) >= 11 is 0. The Morgan fingerprint density at radius 2 is 1.96 bits per heavy atom. The molecule has 4 nitrogen and oxygen atoms in total. The van der Waals surface area contributed by atoms with Gasteiger partial charge in [0.2, 0.25) is 0 Å². The number of carbonyl (C=O) groups excluding carboxylic acids is 1. The molecule has 2 fully saturated rings. The van der Waals surface area contributed by atoms with Crippen LogP contribution in [0.25, 0.3) is 0 Å². The Morgan fingerprint density at radius 3 is 2.60 bits per heavy atom. The van der Waals surface area contributed by atoms with Crippen LogP contribution < -0.4 is 10.1 Å². The number of methoxy groups -OCH3 is 1. The Labute approximate surface area is 151 Å². The summed E-state index contributed by atoms with van der Waals surface area (Å²) in [6, 6.07) is 5.91. The molecule has 0 aliphatic heterocycles. The zero-order valence-electron chi connectivity index (χ0n) is 15.8. The number of carbonyl (C=O) groups is 1. The summed E-state index contributed by atoms with van der Waals surface area (Å²) < 4.78 is 11.8. The number of aryl methyl sites for hydroxylation is 1. The molecule has 4 heteroatoms. The van der Waals surface area contributed by atoms with Crippen LogP contribution in [-0.4, -0.2) is 24.7 Å². The molecule has 25 heavy (non-hydrogen) atoms. The Morgan fingerprint density at radius 1 is 1.20 bits per heavy atom. The quantitative estimate of drug-likeness (QED) is 0.830. The van der Waals surface area contributed by atoms with Crippen LogP contribution in [0.3, 0.4) is 0 Å². The summed E-state index contributed by atoms with van der Waals surface area (Å²) in [5, 5.41) is 3.07. The average Bonchev–Trinajstić information content (AvgIpc) is 3.10. The van der Waals surface area contributed by atoms with Gasteiger partial charge in [-0.1, -0.05) is 13.3 Å². The van der Waals surface area contributed by atoms with Crippen molar-refractivity contribution >= 4 is 11.6 Å². The summed E-state index contributed by atoms with van der Waals surface area (Å²) in [6.45, 7) is 4.23. The van der Waals surface area contributed by atoms with E-state index in [4.69, 9.17) is 9.47 Å². The minimum absolute atomic E-state index is 0.0228. The van der Waals surface area contributed by atoms with Crippen molar-refractivity contribution < 1.29 is 14.3 Å². The van der Waals surface area contributed by atoms with Crippen LogP contribution in [0, 0.1) is 12.8 Å². The predicted molar refractivity (Wildman–Crippen MR) is 100 cm³/mol. The second kappa shape index (κ2) is 7.77. The highest BCUT2D eigenvalue weighted by atomic mass is 16.5. The number of hydrogen-bond donors (Lipinski definition) is 1. The summed E-state index contributed by atoms with van der Waals surface area (Å²) in [7, 11) is 1.65. The molecule has 2 aliphatic carbocycles. The van der Waals surface area contributed by atoms with Crippen molar-refractivity contribution in [3.05, 3.63) is 23.8 Å². The first-order valence-corrected chi connectivity index (χ1v) is 9.66. The molecule has 3 rings (SSSR count). The predicted octanol–water partition coefficient (Wildman–Crippen LogP) is 4.85. The number of nitrogens with one attached hydrogen (secondary N) is 1. The standard InChI is InChI=1S/C21H31NO3/c1-15-7-6-12-21(14-15,24-3)20(23)22-17-10-11-19(16(2)13-17)25-18-8-4-5-9-18/h10-11,13,15,18H,4-9,12,14H2,1-3H3,(H,22,23)/t15-,21+/m0/s1. The third-order valence-electron chi connectivity index (χ3n) is 5.79. The SMILES string of the molecule is CO[C@]1(C(=O)Nc2ccc(OC3CCCC3)c(C)c2)CCC[C@H](C)C1. The van der Waals surface area contributed by atoms with Crippen LogP contribution in [-0.2, 0) is 9.53 Å². The van der Waals surface area contributed by atoms with E-state index in [1.807, 2.05) is 25.1 Å². The minimum Gasteiger partial charge on any atom is -0.490 e. The first kappa shape index (κ1) is 18.2. The zero-order chi connectivity index (χ0) is 17.9. The van der Waals surface area contributed by atoms with Crippen molar-refractivity contribution in [3.63, 3.8) is 0 Å². The molecule has 0 bridgehead atoms. The molecular formula is C21H31NO3. The zero-order valence-corrected chi connectivity index (χ0v) is 15.8. The molecule has 138 valence electrons. The van der Waals surface area contributed by atoms with Crippen molar-refractivity contribution in [2.45, 2.75) is 76.9 Å². The summed E-state index contributed by atoms with van der Waals surface area (Å²) in [5.41, 5.74) is 1.19. The van der Waals surface area contributed by atoms with Gasteiger partial charge in [0, 0.05) is 12.8 Å². The number of hydrogen-bond acceptors (Lipinski definition) is 3. The fraction of sp³-hybridized carbons (Fsp3) is 0.667. The summed E-state index contributed by atoms with van der Waals surface area (Å²) in [5.74, 6) is 1.42. The van der Waals surface area contributed by atoms with E-state index >= 15 is 0 Å². The van der Waals surface area contributed by atoms with Crippen LogP contribution in [0.15, 0.2) is 18.2 Å². The molecule has 2 atom stereocenters. The molecule has 1 aromatic carbocycles. The Hall–Kier alpha value is -1.55. The Bertz CT molecular complexity index is 609. The van der Waals surface area contributed by atoms with Crippen molar-refractivity contribution in [1.82, 2.24) is 0 Å². The van der Waals surface area contributed by atoms with E-state index in [1.165, 1.54) is 19.3 Å². The number of rotatable bonds is 5. The molecule has 1 N–H and O–H groups in total. The molecule has 0 unspecified atom stereocenters. The van der Waals surface area contributed by atoms with E-state index < -0.39 is 5.60 Å². The van der Waals surface area contributed by atoms with Crippen LogP contribution in [0.5, 0.6) is 5.75 Å². The molecule has 2 saturated carbocycles. The van der Waals surface area contributed by atoms with Crippen LogP contribution in [0.4, 0.5) is 5.69 Å². The maximum Gasteiger partial charge on any atom is 0.256 e. The van der Waals surface area contributed by atoms with Crippen molar-refractivity contribution in [2.75, 3.05) is 12.4 Å². The molecule has 0 aromatic heterocycles. The average molecular weight is 345 g/mol. The first-order valence-electron chi connectivity index (χ1n) is 9.66. The van der Waals surface area contributed by atoms with Gasteiger partial charge in [0.15, 0.2) is 0 Å². The monoisotopic (exact) mass is 345 g/mol. The van der Waals surface area contributed by atoms with Gasteiger partial charge in [-0.15, -0.1) is 0 Å². The number of benzene rings is 1. The number of ether oxygens (including phenoxy) is 2. The first-order chi connectivity index (χ1) is 12.0. The lowest BCUT2D eigenvalue weighted by molar-refractivity contribution is -0.143. The third kappa shape index (κ3) is 4.17. The van der Waals surface area contributed by atoms with Crippen molar-refractivity contribution in [3.8, 4) is 5.75 Å². The van der Waals surface area contributed by atoms with Gasteiger partial charge in [0.05, 0.1) is 6.10 Å². The Balaban J connectivity index is 1.67. The minimum atomic E-state index is -0.690. The van der Waals surface area contributed by atoms with Gasteiger partial charge >= 0.3 is 0 Å². The normalized spacial score (nSPS) is 27.2. The molecule has 2 aliphatic rings. The molecule has 0 saturated heterocycles. The van der Waals surface area contributed by atoms with E-state index in [-0.39, 0.29) is 5.91 Å². The van der Waals surface area contributed by atoms with Crippen molar-refractivity contribution in [1.29, 1.82) is 0 Å². The van der Waals surface area contributed by atoms with Gasteiger partial charge in [-0.2, -0.15) is 0 Å². The lowest BCUT2D eigenvalue weighted by atomic mass is 9.78. The highest BCUT2D eigenvalue weighted by Crippen LogP contribution is 2.36. The molecule has 1 amide bonds. The molecule has 0 heterocycles. The van der Waals surface area contributed by atoms with E-state index in [0.29, 0.717) is 12.0 Å². The topological polar surface area (TPSA) is 47.6 Å². The Kier molecular flexibility index (Phi) is 5.67. The molecule has 1 aromatic rings. The number of anilines is 1. The highest BCUT2D eigenvalue weighted by molar-refractivity contribution is 5.97. The van der Waals surface area contributed by atoms with E-state index in [2.05, 4.69) is 12.2 Å². The van der Waals surface area contributed by atoms with E-state index in [9.17, 15) is 4.79 Å². The summed E-state index contributed by atoms with van der Waals surface area (Å²) in [4.78, 5) is 12.9. The third-order valence-corrected chi connectivity index (χ3v) is 5.79. The largest absolute Gasteiger partial charge is 0.490 e. The lowest BCUT2D eigenvalue weighted by Crippen LogP contribution is -2.47. The lowest BCUT2D eigenvalue weighted by Gasteiger charge is -2.37. The van der Waals surface area contributed by atoms with Gasteiger partial charge in [-0.05, 0) is 81.5 Å². The van der Waals surface area contributed by atoms with Gasteiger partial charge < -0.3 is 14.8 Å². The molecule has 0 radical (unpaired) electrons. The fourth-order valence-electron chi connectivity index (χ4n) is 4.28. The second-order valence-electron chi connectivity index (χ2n) is 7.86. The van der Waals surface area contributed by atoms with E-state index in [0.717, 1.165) is 49.1 Å². The van der Waals surface area contributed by atoms with Gasteiger partial charge in [-0.3, -0.25) is 4.79 Å². The highest BCUT2D eigenvalue weighted by Gasteiger charge is 2.42. The summed E-state index contributed by atoms with van der Waals surface area (Å²) in [6.07, 6.45) is 8.95. The maximum absolute atomic E-state index is 12.9. The van der Waals surface area contributed by atoms with Gasteiger partial charge in [0.25, 0.3) is 5.91 Å². The van der Waals surface area contributed by atoms with Gasteiger partial charge in [0.1, 0.15) is 11.4 Å². The maximum atomic E-state index is 12.9. The number of amides is 1. The van der Waals surface area contributed by atoms with E-state index in [1.54, 1.807) is 7.11 Å². The molecular weight excluding hydrogens is 314 g/mol. The second-order valence-corrected chi connectivity index (χ2v) is 7.86. The van der Waals surface area contributed by atoms with Crippen LogP contribution in [0.1, 0.15) is 63.9 Å². The fourth-order valence-corrected chi connectivity index (χ4v) is 4.28. The van der Waals surface area contributed by atoms with Gasteiger partial charge in [-0.25, -0.2) is 0 Å². The van der Waals surface area contributed by atoms with Crippen molar-refractivity contribution in [2.24, 2.45) is 5.92 Å². The van der Waals surface area contributed by atoms with Crippen LogP contribution in [0.2, 0.25) is 0 Å². The molecule has 0 spiro atoms. The van der Waals surface area contributed by atoms with Crippen LogP contribution >= 0.6 is 0 Å².